The molecule has 1 aliphatic rings. The Labute approximate surface area is 108 Å². The van der Waals surface area contributed by atoms with E-state index in [1.165, 1.54) is 0 Å². The first-order chi connectivity index (χ1) is 8.65. The molecule has 98 valence electrons. The molecule has 18 heavy (non-hydrogen) atoms. The fourth-order valence-corrected chi connectivity index (χ4v) is 2.03. The highest BCUT2D eigenvalue weighted by Gasteiger charge is 2.17. The summed E-state index contributed by atoms with van der Waals surface area (Å²) < 4.78 is 5.52. The van der Waals surface area contributed by atoms with Crippen LogP contribution in [-0.4, -0.2) is 31.7 Å². The zero-order chi connectivity index (χ0) is 13.0. The zero-order valence-electron chi connectivity index (χ0n) is 11.0. The molecule has 2 rings (SSSR count). The highest BCUT2D eigenvalue weighted by atomic mass is 16.5. The highest BCUT2D eigenvalue weighted by molar-refractivity contribution is 5.91. The second-order valence-corrected chi connectivity index (χ2v) is 4.77. The van der Waals surface area contributed by atoms with Crippen molar-refractivity contribution in [1.29, 1.82) is 0 Å². The van der Waals surface area contributed by atoms with Crippen LogP contribution >= 0.6 is 0 Å². The monoisotopic (exact) mass is 248 g/mol. The van der Waals surface area contributed by atoms with E-state index in [1.54, 1.807) is 0 Å². The number of ether oxygens (including phenoxy) is 1. The molecule has 2 N–H and O–H groups in total. The maximum Gasteiger partial charge on any atom is 0.227 e. The molecular formula is C14H20N2O2. The number of hydrogen-bond donors (Lipinski definition) is 2. The molecule has 1 saturated heterocycles. The van der Waals surface area contributed by atoms with Gasteiger partial charge in [0, 0.05) is 18.8 Å². The normalized spacial score (nSPS) is 19.6. The Balaban J connectivity index is 1.92. The maximum absolute atomic E-state index is 11.9. The van der Waals surface area contributed by atoms with Crippen molar-refractivity contribution in [2.24, 2.45) is 0 Å². The number of carbonyl (C=O) groups excluding carboxylic acids is 1. The lowest BCUT2D eigenvalue weighted by atomic mass is 10.1. The molecule has 1 amide bonds. The van der Waals surface area contributed by atoms with Gasteiger partial charge in [0.25, 0.3) is 0 Å². The van der Waals surface area contributed by atoms with Gasteiger partial charge in [-0.2, -0.15) is 0 Å². The Morgan fingerprint density at radius 2 is 2.33 bits per heavy atom. The molecule has 1 unspecified atom stereocenters. The average Bonchev–Trinajstić information content (AvgIpc) is 2.35. The third-order valence-electron chi connectivity index (χ3n) is 3.08. The van der Waals surface area contributed by atoms with Gasteiger partial charge in [-0.25, -0.2) is 0 Å². The van der Waals surface area contributed by atoms with Gasteiger partial charge in [0.05, 0.1) is 19.1 Å². The number of benzene rings is 1. The molecule has 1 fully saturated rings. The van der Waals surface area contributed by atoms with Crippen molar-refractivity contribution in [3.63, 3.8) is 0 Å². The van der Waals surface area contributed by atoms with E-state index in [-0.39, 0.29) is 12.0 Å². The second-order valence-electron chi connectivity index (χ2n) is 4.77. The number of aryl methyl sites for hydroxylation is 2. The number of nitrogens with one attached hydrogen (secondary N) is 2. The molecule has 1 heterocycles. The van der Waals surface area contributed by atoms with Crippen LogP contribution < -0.4 is 10.6 Å². The van der Waals surface area contributed by atoms with Crippen molar-refractivity contribution in [1.82, 2.24) is 5.32 Å². The van der Waals surface area contributed by atoms with E-state index in [1.807, 2.05) is 32.0 Å². The maximum atomic E-state index is 11.9. The van der Waals surface area contributed by atoms with Gasteiger partial charge in [0.15, 0.2) is 0 Å². The van der Waals surface area contributed by atoms with Gasteiger partial charge in [-0.15, -0.1) is 0 Å². The number of hydrogen-bond acceptors (Lipinski definition) is 3. The van der Waals surface area contributed by atoms with Crippen molar-refractivity contribution < 1.29 is 9.53 Å². The quantitative estimate of drug-likeness (QED) is 0.854. The Kier molecular flexibility index (Phi) is 4.33. The molecule has 4 heteroatoms. The van der Waals surface area contributed by atoms with Gasteiger partial charge in [-0.3, -0.25) is 4.79 Å². The lowest BCUT2D eigenvalue weighted by molar-refractivity contribution is -0.119. The summed E-state index contributed by atoms with van der Waals surface area (Å²) in [6.45, 7) is 6.31. The third kappa shape index (κ3) is 3.55. The Bertz CT molecular complexity index is 426. The highest BCUT2D eigenvalue weighted by Crippen LogP contribution is 2.17. The Morgan fingerprint density at radius 1 is 1.50 bits per heavy atom. The van der Waals surface area contributed by atoms with Crippen LogP contribution in [0.5, 0.6) is 0 Å². The van der Waals surface area contributed by atoms with Crippen molar-refractivity contribution in [2.45, 2.75) is 26.4 Å². The molecule has 0 aliphatic carbocycles. The second kappa shape index (κ2) is 5.98. The third-order valence-corrected chi connectivity index (χ3v) is 3.08. The van der Waals surface area contributed by atoms with Gasteiger partial charge in [0.1, 0.15) is 0 Å². The molecule has 1 atom stereocenters. The predicted molar refractivity (Wildman–Crippen MR) is 71.8 cm³/mol. The van der Waals surface area contributed by atoms with Crippen LogP contribution in [0, 0.1) is 13.8 Å². The van der Waals surface area contributed by atoms with E-state index >= 15 is 0 Å². The Hall–Kier alpha value is -1.39. The van der Waals surface area contributed by atoms with Crippen molar-refractivity contribution in [3.8, 4) is 0 Å². The summed E-state index contributed by atoms with van der Waals surface area (Å²) in [5, 5.41) is 6.17. The summed E-state index contributed by atoms with van der Waals surface area (Å²) in [4.78, 5) is 11.9. The lowest BCUT2D eigenvalue weighted by Gasteiger charge is -2.23. The zero-order valence-corrected chi connectivity index (χ0v) is 11.0. The number of carbonyl (C=O) groups is 1. The van der Waals surface area contributed by atoms with E-state index in [9.17, 15) is 4.79 Å². The Morgan fingerprint density at radius 3 is 3.06 bits per heavy atom. The summed E-state index contributed by atoms with van der Waals surface area (Å²) in [5.41, 5.74) is 3.12. The van der Waals surface area contributed by atoms with Crippen molar-refractivity contribution in [3.05, 3.63) is 29.3 Å². The molecule has 0 bridgehead atoms. The lowest BCUT2D eigenvalue weighted by Crippen LogP contribution is -2.40. The minimum atomic E-state index is -0.0103. The molecule has 0 radical (unpaired) electrons. The minimum absolute atomic E-state index is 0.0103. The minimum Gasteiger partial charge on any atom is -0.375 e. The smallest absolute Gasteiger partial charge is 0.227 e. The van der Waals surface area contributed by atoms with Crippen LogP contribution in [0.4, 0.5) is 5.69 Å². The fourth-order valence-electron chi connectivity index (χ4n) is 2.03. The van der Waals surface area contributed by atoms with Gasteiger partial charge < -0.3 is 15.4 Å². The number of amides is 1. The number of morpholine rings is 1. The van der Waals surface area contributed by atoms with Crippen molar-refractivity contribution in [2.75, 3.05) is 25.0 Å². The van der Waals surface area contributed by atoms with Gasteiger partial charge >= 0.3 is 0 Å². The summed E-state index contributed by atoms with van der Waals surface area (Å²) in [6.07, 6.45) is 0.393. The van der Waals surface area contributed by atoms with Crippen LogP contribution in [0.2, 0.25) is 0 Å². The SMILES string of the molecule is Cc1ccc(C)c(NC(=O)CC2CNCCO2)c1. The summed E-state index contributed by atoms with van der Waals surface area (Å²) in [6, 6.07) is 6.05. The van der Waals surface area contributed by atoms with E-state index in [4.69, 9.17) is 4.74 Å². The fraction of sp³-hybridized carbons (Fsp3) is 0.500. The molecule has 1 aliphatic heterocycles. The van der Waals surface area contributed by atoms with Crippen LogP contribution in [0.15, 0.2) is 18.2 Å². The van der Waals surface area contributed by atoms with E-state index in [0.717, 1.165) is 29.9 Å². The molecule has 0 aromatic heterocycles. The van der Waals surface area contributed by atoms with Crippen LogP contribution in [0.3, 0.4) is 0 Å². The first kappa shape index (κ1) is 13.1. The molecule has 0 saturated carbocycles. The predicted octanol–water partition coefficient (Wildman–Crippen LogP) is 1.62. The molecular weight excluding hydrogens is 228 g/mol. The van der Waals surface area contributed by atoms with Gasteiger partial charge in [-0.05, 0) is 31.0 Å². The molecule has 0 spiro atoms. The average molecular weight is 248 g/mol. The molecule has 4 nitrogen and oxygen atoms in total. The van der Waals surface area contributed by atoms with Gasteiger partial charge in [0.2, 0.25) is 5.91 Å². The van der Waals surface area contributed by atoms with E-state index < -0.39 is 0 Å². The van der Waals surface area contributed by atoms with Gasteiger partial charge in [-0.1, -0.05) is 12.1 Å². The first-order valence-electron chi connectivity index (χ1n) is 6.34. The van der Waals surface area contributed by atoms with Crippen LogP contribution in [0.25, 0.3) is 0 Å². The standard InChI is InChI=1S/C14H20N2O2/c1-10-3-4-11(2)13(7-10)16-14(17)8-12-9-15-5-6-18-12/h3-4,7,12,15H,5-6,8-9H2,1-2H3,(H,16,17). The van der Waals surface area contributed by atoms with Crippen LogP contribution in [0.1, 0.15) is 17.5 Å². The topological polar surface area (TPSA) is 50.4 Å². The summed E-state index contributed by atoms with van der Waals surface area (Å²) in [7, 11) is 0. The number of rotatable bonds is 3. The first-order valence-corrected chi connectivity index (χ1v) is 6.34. The van der Waals surface area contributed by atoms with E-state index in [0.29, 0.717) is 13.0 Å². The van der Waals surface area contributed by atoms with Crippen LogP contribution in [-0.2, 0) is 9.53 Å². The number of anilines is 1. The summed E-state index contributed by atoms with van der Waals surface area (Å²) in [5.74, 6) is 0.0115. The largest absolute Gasteiger partial charge is 0.375 e. The van der Waals surface area contributed by atoms with Crippen molar-refractivity contribution >= 4 is 11.6 Å². The molecule has 1 aromatic carbocycles. The van der Waals surface area contributed by atoms with E-state index in [2.05, 4.69) is 10.6 Å². The molecule has 1 aromatic rings. The summed E-state index contributed by atoms with van der Waals surface area (Å²) >= 11 is 0.